The third-order valence-electron chi connectivity index (χ3n) is 2.21. The minimum absolute atomic E-state index is 0.0238. The second kappa shape index (κ2) is 3.70. The molecule has 12 heavy (non-hydrogen) atoms. The number of hydrogen-bond donors (Lipinski definition) is 2. The number of hydrogen-bond acceptors (Lipinski definition) is 2. The normalized spacial score (nSPS) is 13.0. The van der Waals surface area contributed by atoms with Crippen molar-refractivity contribution in [3.8, 4) is 0 Å². The summed E-state index contributed by atoms with van der Waals surface area (Å²) < 4.78 is 0. The highest BCUT2D eigenvalue weighted by Crippen LogP contribution is 2.14. The molecule has 2 heteroatoms. The van der Waals surface area contributed by atoms with E-state index in [2.05, 4.69) is 26.0 Å². The SMILES string of the molecule is Cc1ccc([C@H](N)CN)cc1C. The molecule has 0 saturated carbocycles. The summed E-state index contributed by atoms with van der Waals surface area (Å²) in [5.41, 5.74) is 14.9. The summed E-state index contributed by atoms with van der Waals surface area (Å²) in [4.78, 5) is 0. The Bertz CT molecular complexity index is 269. The lowest BCUT2D eigenvalue weighted by atomic mass is 10.0. The summed E-state index contributed by atoms with van der Waals surface area (Å²) in [7, 11) is 0. The van der Waals surface area contributed by atoms with Crippen molar-refractivity contribution in [2.75, 3.05) is 6.54 Å². The van der Waals surface area contributed by atoms with Gasteiger partial charge >= 0.3 is 0 Å². The third-order valence-corrected chi connectivity index (χ3v) is 2.21. The molecule has 0 aliphatic heterocycles. The topological polar surface area (TPSA) is 52.0 Å². The van der Waals surface area contributed by atoms with E-state index >= 15 is 0 Å². The van der Waals surface area contributed by atoms with Crippen LogP contribution in [0.25, 0.3) is 0 Å². The van der Waals surface area contributed by atoms with Crippen LogP contribution in [0.3, 0.4) is 0 Å². The molecule has 0 amide bonds. The van der Waals surface area contributed by atoms with Crippen LogP contribution in [0.15, 0.2) is 18.2 Å². The zero-order valence-electron chi connectivity index (χ0n) is 7.67. The quantitative estimate of drug-likeness (QED) is 0.691. The lowest BCUT2D eigenvalue weighted by molar-refractivity contribution is 0.736. The maximum absolute atomic E-state index is 5.79. The summed E-state index contributed by atoms with van der Waals surface area (Å²) in [5, 5.41) is 0. The van der Waals surface area contributed by atoms with E-state index in [1.54, 1.807) is 0 Å². The van der Waals surface area contributed by atoms with Crippen molar-refractivity contribution in [1.29, 1.82) is 0 Å². The Morgan fingerprint density at radius 1 is 1.25 bits per heavy atom. The van der Waals surface area contributed by atoms with Gasteiger partial charge in [0.15, 0.2) is 0 Å². The van der Waals surface area contributed by atoms with Gasteiger partial charge in [-0.2, -0.15) is 0 Å². The van der Waals surface area contributed by atoms with Crippen LogP contribution in [0.1, 0.15) is 22.7 Å². The molecule has 1 atom stereocenters. The number of aryl methyl sites for hydroxylation is 2. The Labute approximate surface area is 73.6 Å². The Hall–Kier alpha value is -0.860. The molecule has 0 aliphatic rings. The first-order chi connectivity index (χ1) is 5.65. The molecule has 0 radical (unpaired) electrons. The third kappa shape index (κ3) is 1.84. The van der Waals surface area contributed by atoms with Crippen LogP contribution in [0.5, 0.6) is 0 Å². The standard InChI is InChI=1S/C10H16N2/c1-7-3-4-9(5-8(7)2)10(12)6-11/h3-5,10H,6,11-12H2,1-2H3/t10-/m1/s1. The van der Waals surface area contributed by atoms with E-state index in [0.717, 1.165) is 5.56 Å². The van der Waals surface area contributed by atoms with Crippen LogP contribution in [-0.4, -0.2) is 6.54 Å². The zero-order chi connectivity index (χ0) is 9.14. The molecule has 4 N–H and O–H groups in total. The Balaban J connectivity index is 2.96. The molecular formula is C10H16N2. The van der Waals surface area contributed by atoms with Crippen molar-refractivity contribution in [1.82, 2.24) is 0 Å². The van der Waals surface area contributed by atoms with Crippen molar-refractivity contribution < 1.29 is 0 Å². The van der Waals surface area contributed by atoms with Gasteiger partial charge in [0.05, 0.1) is 0 Å². The average molecular weight is 164 g/mol. The maximum atomic E-state index is 5.79. The summed E-state index contributed by atoms with van der Waals surface area (Å²) >= 11 is 0. The minimum atomic E-state index is -0.0238. The van der Waals surface area contributed by atoms with Gasteiger partial charge in [-0.15, -0.1) is 0 Å². The van der Waals surface area contributed by atoms with Gasteiger partial charge in [-0.25, -0.2) is 0 Å². The van der Waals surface area contributed by atoms with Crippen molar-refractivity contribution >= 4 is 0 Å². The summed E-state index contributed by atoms with van der Waals surface area (Å²) in [6.07, 6.45) is 0. The molecule has 0 unspecified atom stereocenters. The highest BCUT2D eigenvalue weighted by Gasteiger charge is 2.03. The molecule has 0 heterocycles. The van der Waals surface area contributed by atoms with Crippen LogP contribution in [0.2, 0.25) is 0 Å². The first-order valence-electron chi connectivity index (χ1n) is 4.18. The zero-order valence-corrected chi connectivity index (χ0v) is 7.67. The second-order valence-corrected chi connectivity index (χ2v) is 3.19. The lowest BCUT2D eigenvalue weighted by Gasteiger charge is -2.10. The Morgan fingerprint density at radius 3 is 2.42 bits per heavy atom. The van der Waals surface area contributed by atoms with Gasteiger partial charge in [0.1, 0.15) is 0 Å². The molecule has 0 fully saturated rings. The predicted octanol–water partition coefficient (Wildman–Crippen LogP) is 1.26. The van der Waals surface area contributed by atoms with Gasteiger partial charge in [-0.05, 0) is 30.5 Å². The molecular weight excluding hydrogens is 148 g/mol. The number of benzene rings is 1. The molecule has 0 spiro atoms. The van der Waals surface area contributed by atoms with Crippen molar-refractivity contribution in [3.05, 3.63) is 34.9 Å². The van der Waals surface area contributed by atoms with E-state index in [0.29, 0.717) is 6.54 Å². The van der Waals surface area contributed by atoms with Crippen LogP contribution in [-0.2, 0) is 0 Å². The molecule has 1 rings (SSSR count). The van der Waals surface area contributed by atoms with Gasteiger partial charge < -0.3 is 11.5 Å². The fraction of sp³-hybridized carbons (Fsp3) is 0.400. The molecule has 0 bridgehead atoms. The fourth-order valence-electron chi connectivity index (χ4n) is 1.13. The van der Waals surface area contributed by atoms with Crippen LogP contribution in [0.4, 0.5) is 0 Å². The van der Waals surface area contributed by atoms with Crippen molar-refractivity contribution in [3.63, 3.8) is 0 Å². The molecule has 2 nitrogen and oxygen atoms in total. The highest BCUT2D eigenvalue weighted by molar-refractivity contribution is 5.31. The van der Waals surface area contributed by atoms with Crippen LogP contribution < -0.4 is 11.5 Å². The van der Waals surface area contributed by atoms with Gasteiger partial charge in [-0.1, -0.05) is 18.2 Å². The average Bonchev–Trinajstić information content (AvgIpc) is 2.08. The summed E-state index contributed by atoms with van der Waals surface area (Å²) in [6.45, 7) is 4.68. The van der Waals surface area contributed by atoms with Gasteiger partial charge in [-0.3, -0.25) is 0 Å². The minimum Gasteiger partial charge on any atom is -0.329 e. The first-order valence-corrected chi connectivity index (χ1v) is 4.18. The van der Waals surface area contributed by atoms with Crippen molar-refractivity contribution in [2.45, 2.75) is 19.9 Å². The largest absolute Gasteiger partial charge is 0.329 e. The lowest BCUT2D eigenvalue weighted by Crippen LogP contribution is -2.20. The summed E-state index contributed by atoms with van der Waals surface area (Å²) in [5.74, 6) is 0. The fourth-order valence-corrected chi connectivity index (χ4v) is 1.13. The van der Waals surface area contributed by atoms with Gasteiger partial charge in [0.2, 0.25) is 0 Å². The van der Waals surface area contributed by atoms with E-state index in [9.17, 15) is 0 Å². The Morgan fingerprint density at radius 2 is 1.92 bits per heavy atom. The highest BCUT2D eigenvalue weighted by atomic mass is 14.7. The smallest absolute Gasteiger partial charge is 0.0419 e. The molecule has 66 valence electrons. The molecule has 1 aromatic rings. The van der Waals surface area contributed by atoms with E-state index in [4.69, 9.17) is 11.5 Å². The van der Waals surface area contributed by atoms with Crippen LogP contribution in [0, 0.1) is 13.8 Å². The van der Waals surface area contributed by atoms with Gasteiger partial charge in [0, 0.05) is 12.6 Å². The molecule has 1 aromatic carbocycles. The Kier molecular flexibility index (Phi) is 2.84. The second-order valence-electron chi connectivity index (χ2n) is 3.19. The molecule has 0 aromatic heterocycles. The summed E-state index contributed by atoms with van der Waals surface area (Å²) in [6, 6.07) is 6.21. The molecule has 0 saturated heterocycles. The van der Waals surface area contributed by atoms with Gasteiger partial charge in [0.25, 0.3) is 0 Å². The van der Waals surface area contributed by atoms with E-state index in [-0.39, 0.29) is 6.04 Å². The van der Waals surface area contributed by atoms with Crippen molar-refractivity contribution in [2.24, 2.45) is 11.5 Å². The number of nitrogens with two attached hydrogens (primary N) is 2. The predicted molar refractivity (Wildman–Crippen MR) is 51.9 cm³/mol. The first kappa shape index (κ1) is 9.23. The molecule has 0 aliphatic carbocycles. The number of rotatable bonds is 2. The monoisotopic (exact) mass is 164 g/mol. The maximum Gasteiger partial charge on any atom is 0.0419 e. The van der Waals surface area contributed by atoms with E-state index < -0.39 is 0 Å². The van der Waals surface area contributed by atoms with E-state index in [1.807, 2.05) is 6.07 Å². The van der Waals surface area contributed by atoms with E-state index in [1.165, 1.54) is 11.1 Å². The van der Waals surface area contributed by atoms with Crippen LogP contribution >= 0.6 is 0 Å².